The van der Waals surface area contributed by atoms with Crippen LogP contribution < -0.4 is 0 Å². The Bertz CT molecular complexity index is 949. The molecule has 0 unspecified atom stereocenters. The summed E-state index contributed by atoms with van der Waals surface area (Å²) in [7, 11) is -3.59. The van der Waals surface area contributed by atoms with E-state index in [0.29, 0.717) is 37.5 Å². The summed E-state index contributed by atoms with van der Waals surface area (Å²) >= 11 is 0. The third-order valence-electron chi connectivity index (χ3n) is 5.87. The molecule has 9 nitrogen and oxygen atoms in total. The number of nitrogens with zero attached hydrogens (tertiary/aromatic N) is 6. The average Bonchev–Trinajstić information content (AvgIpc) is 3.42. The number of piperidine rings is 1. The molecule has 0 radical (unpaired) electrons. The lowest BCUT2D eigenvalue weighted by atomic mass is 9.96. The van der Waals surface area contributed by atoms with Gasteiger partial charge in [0.25, 0.3) is 0 Å². The standard InChI is InChI=1S/C20H28N6O3S/c1-2-11-24(14-16-3-4-16)20(27)17-9-12-25(13-10-17)30(28,29)19-7-5-18(6-8-19)26-15-21-22-23-26/h5-8,15-17H,2-4,9-14H2,1H3. The highest BCUT2D eigenvalue weighted by molar-refractivity contribution is 7.89. The van der Waals surface area contributed by atoms with Crippen molar-refractivity contribution in [2.24, 2.45) is 11.8 Å². The van der Waals surface area contributed by atoms with Crippen LogP contribution in [0.4, 0.5) is 0 Å². The van der Waals surface area contributed by atoms with Crippen molar-refractivity contribution in [3.05, 3.63) is 30.6 Å². The van der Waals surface area contributed by atoms with Crippen molar-refractivity contribution in [1.29, 1.82) is 0 Å². The zero-order valence-electron chi connectivity index (χ0n) is 17.2. The van der Waals surface area contributed by atoms with Gasteiger partial charge in [0, 0.05) is 32.1 Å². The maximum absolute atomic E-state index is 13.0. The maximum Gasteiger partial charge on any atom is 0.243 e. The first-order chi connectivity index (χ1) is 14.5. The van der Waals surface area contributed by atoms with Gasteiger partial charge in [0.05, 0.1) is 10.6 Å². The molecule has 1 saturated heterocycles. The summed E-state index contributed by atoms with van der Waals surface area (Å²) in [5.41, 5.74) is 0.690. The minimum Gasteiger partial charge on any atom is -0.342 e. The zero-order chi connectivity index (χ0) is 21.1. The second-order valence-corrected chi connectivity index (χ2v) is 10.1. The summed E-state index contributed by atoms with van der Waals surface area (Å²) in [6.07, 6.45) is 5.99. The Morgan fingerprint density at radius 3 is 2.40 bits per heavy atom. The lowest BCUT2D eigenvalue weighted by molar-refractivity contribution is -0.137. The van der Waals surface area contributed by atoms with Crippen LogP contribution in [0.1, 0.15) is 39.0 Å². The van der Waals surface area contributed by atoms with Gasteiger partial charge in [-0.1, -0.05) is 6.92 Å². The summed E-state index contributed by atoms with van der Waals surface area (Å²) < 4.78 is 29.0. The van der Waals surface area contributed by atoms with Crippen molar-refractivity contribution in [1.82, 2.24) is 29.4 Å². The number of tetrazole rings is 1. The molecular formula is C20H28N6O3S. The predicted octanol–water partition coefficient (Wildman–Crippen LogP) is 1.71. The Labute approximate surface area is 177 Å². The molecule has 0 bridgehead atoms. The number of aromatic nitrogens is 4. The zero-order valence-corrected chi connectivity index (χ0v) is 18.0. The Morgan fingerprint density at radius 2 is 1.83 bits per heavy atom. The van der Waals surface area contributed by atoms with Gasteiger partial charge in [0.2, 0.25) is 15.9 Å². The molecule has 1 amide bonds. The number of hydrogen-bond acceptors (Lipinski definition) is 6. The lowest BCUT2D eigenvalue weighted by Gasteiger charge is -2.33. The van der Waals surface area contributed by atoms with Gasteiger partial charge < -0.3 is 4.90 Å². The van der Waals surface area contributed by atoms with Crippen LogP contribution >= 0.6 is 0 Å². The number of carbonyl (C=O) groups excluding carboxylic acids is 1. The molecule has 1 aromatic heterocycles. The molecule has 1 saturated carbocycles. The Balaban J connectivity index is 1.38. The maximum atomic E-state index is 13.0. The van der Waals surface area contributed by atoms with Crippen molar-refractivity contribution >= 4 is 15.9 Å². The highest BCUT2D eigenvalue weighted by atomic mass is 32.2. The summed E-state index contributed by atoms with van der Waals surface area (Å²) in [5, 5.41) is 11.0. The van der Waals surface area contributed by atoms with Gasteiger partial charge in [-0.15, -0.1) is 5.10 Å². The van der Waals surface area contributed by atoms with Crippen LogP contribution in [0.25, 0.3) is 5.69 Å². The highest BCUT2D eigenvalue weighted by Gasteiger charge is 2.35. The molecule has 2 aromatic rings. The van der Waals surface area contributed by atoms with E-state index in [1.165, 1.54) is 28.2 Å². The fourth-order valence-electron chi connectivity index (χ4n) is 3.97. The molecule has 30 heavy (non-hydrogen) atoms. The van der Waals surface area contributed by atoms with E-state index in [4.69, 9.17) is 0 Å². The number of benzene rings is 1. The van der Waals surface area contributed by atoms with Crippen molar-refractivity contribution < 1.29 is 13.2 Å². The largest absolute Gasteiger partial charge is 0.342 e. The van der Waals surface area contributed by atoms with Crippen LogP contribution in [0.5, 0.6) is 0 Å². The van der Waals surface area contributed by atoms with E-state index in [0.717, 1.165) is 19.5 Å². The topological polar surface area (TPSA) is 101 Å². The quantitative estimate of drug-likeness (QED) is 0.629. The van der Waals surface area contributed by atoms with Crippen LogP contribution in [-0.2, 0) is 14.8 Å². The molecule has 4 rings (SSSR count). The van der Waals surface area contributed by atoms with Crippen LogP contribution in [-0.4, -0.2) is 69.9 Å². The number of carbonyl (C=O) groups is 1. The molecule has 162 valence electrons. The van der Waals surface area contributed by atoms with E-state index >= 15 is 0 Å². The van der Waals surface area contributed by atoms with Crippen LogP contribution in [0.15, 0.2) is 35.5 Å². The van der Waals surface area contributed by atoms with Crippen LogP contribution in [0, 0.1) is 11.8 Å². The van der Waals surface area contributed by atoms with E-state index in [-0.39, 0.29) is 16.7 Å². The molecule has 2 heterocycles. The third kappa shape index (κ3) is 4.54. The fraction of sp³-hybridized carbons (Fsp3) is 0.600. The predicted molar refractivity (Wildman–Crippen MR) is 110 cm³/mol. The normalized spacial score (nSPS) is 18.4. The summed E-state index contributed by atoms with van der Waals surface area (Å²) in [6, 6.07) is 6.50. The van der Waals surface area contributed by atoms with E-state index in [2.05, 4.69) is 22.4 Å². The summed E-state index contributed by atoms with van der Waals surface area (Å²) in [5.74, 6) is 0.785. The first-order valence-corrected chi connectivity index (χ1v) is 12.1. The second-order valence-electron chi connectivity index (χ2n) is 8.15. The van der Waals surface area contributed by atoms with Gasteiger partial charge in [-0.25, -0.2) is 13.1 Å². The molecule has 2 aliphatic rings. The van der Waals surface area contributed by atoms with Gasteiger partial charge in [-0.2, -0.15) is 4.31 Å². The molecule has 0 spiro atoms. The van der Waals surface area contributed by atoms with Gasteiger partial charge in [-0.3, -0.25) is 4.79 Å². The van der Waals surface area contributed by atoms with Crippen molar-refractivity contribution in [3.8, 4) is 5.69 Å². The SMILES string of the molecule is CCCN(CC1CC1)C(=O)C1CCN(S(=O)(=O)c2ccc(-n3cnnn3)cc2)CC1. The molecule has 1 aromatic carbocycles. The smallest absolute Gasteiger partial charge is 0.243 e. The van der Waals surface area contributed by atoms with Gasteiger partial charge in [0.15, 0.2) is 0 Å². The Kier molecular flexibility index (Phi) is 6.14. The molecular weight excluding hydrogens is 404 g/mol. The number of amides is 1. The van der Waals surface area contributed by atoms with Crippen LogP contribution in [0.3, 0.4) is 0 Å². The van der Waals surface area contributed by atoms with Crippen molar-refractivity contribution in [2.45, 2.75) is 43.9 Å². The second kappa shape index (κ2) is 8.81. The Hall–Kier alpha value is -2.33. The minimum absolute atomic E-state index is 0.0797. The summed E-state index contributed by atoms with van der Waals surface area (Å²) in [6.45, 7) is 4.49. The van der Waals surface area contributed by atoms with E-state index in [9.17, 15) is 13.2 Å². The molecule has 10 heteroatoms. The lowest BCUT2D eigenvalue weighted by Crippen LogP contribution is -2.45. The van der Waals surface area contributed by atoms with E-state index in [1.807, 2.05) is 4.90 Å². The number of rotatable bonds is 8. The average molecular weight is 433 g/mol. The van der Waals surface area contributed by atoms with Crippen LogP contribution in [0.2, 0.25) is 0 Å². The molecule has 0 N–H and O–H groups in total. The number of hydrogen-bond donors (Lipinski definition) is 0. The Morgan fingerprint density at radius 1 is 1.13 bits per heavy atom. The van der Waals surface area contributed by atoms with Crippen molar-refractivity contribution in [3.63, 3.8) is 0 Å². The minimum atomic E-state index is -3.59. The monoisotopic (exact) mass is 432 g/mol. The van der Waals surface area contributed by atoms with E-state index < -0.39 is 10.0 Å². The van der Waals surface area contributed by atoms with Gasteiger partial charge >= 0.3 is 0 Å². The molecule has 0 atom stereocenters. The third-order valence-corrected chi connectivity index (χ3v) is 7.78. The summed E-state index contributed by atoms with van der Waals surface area (Å²) in [4.78, 5) is 15.2. The molecule has 1 aliphatic carbocycles. The van der Waals surface area contributed by atoms with E-state index in [1.54, 1.807) is 24.3 Å². The molecule has 1 aliphatic heterocycles. The number of sulfonamides is 1. The molecule has 2 fully saturated rings. The first-order valence-electron chi connectivity index (χ1n) is 10.6. The first kappa shape index (κ1) is 20.9. The fourth-order valence-corrected chi connectivity index (χ4v) is 5.44. The van der Waals surface area contributed by atoms with Gasteiger partial charge in [0.1, 0.15) is 6.33 Å². The highest BCUT2D eigenvalue weighted by Crippen LogP contribution is 2.31. The van der Waals surface area contributed by atoms with Crippen molar-refractivity contribution in [2.75, 3.05) is 26.2 Å². The van der Waals surface area contributed by atoms with Gasteiger partial charge in [-0.05, 0) is 72.7 Å².